The van der Waals surface area contributed by atoms with Crippen LogP contribution in [0.1, 0.15) is 71.0 Å². The van der Waals surface area contributed by atoms with Gasteiger partial charge in [0.25, 0.3) is 0 Å². The second-order valence-electron chi connectivity index (χ2n) is 7.10. The molecule has 0 amide bonds. The summed E-state index contributed by atoms with van der Waals surface area (Å²) in [5.74, 6) is 0. The van der Waals surface area contributed by atoms with Crippen molar-refractivity contribution >= 4 is 0 Å². The summed E-state index contributed by atoms with van der Waals surface area (Å²) >= 11 is 0. The van der Waals surface area contributed by atoms with E-state index in [1.807, 2.05) is 0 Å². The van der Waals surface area contributed by atoms with Gasteiger partial charge in [-0.1, -0.05) is 40.0 Å². The molecular weight excluding hydrogens is 246 g/mol. The molecule has 0 aromatic carbocycles. The third-order valence-electron chi connectivity index (χ3n) is 4.30. The van der Waals surface area contributed by atoms with E-state index in [1.54, 1.807) is 0 Å². The molecule has 0 atom stereocenters. The Bertz CT molecular complexity index is 389. The molecule has 1 heterocycles. The molecule has 3 heteroatoms. The highest BCUT2D eigenvalue weighted by Crippen LogP contribution is 2.28. The van der Waals surface area contributed by atoms with E-state index >= 15 is 0 Å². The van der Waals surface area contributed by atoms with E-state index < -0.39 is 0 Å². The van der Waals surface area contributed by atoms with E-state index in [4.69, 9.17) is 5.10 Å². The second kappa shape index (κ2) is 7.26. The van der Waals surface area contributed by atoms with Crippen molar-refractivity contribution < 1.29 is 0 Å². The van der Waals surface area contributed by atoms with Gasteiger partial charge in [-0.2, -0.15) is 5.10 Å². The average Bonchev–Trinajstić information content (AvgIpc) is 2.87. The van der Waals surface area contributed by atoms with Gasteiger partial charge in [-0.25, -0.2) is 0 Å². The van der Waals surface area contributed by atoms with Crippen LogP contribution in [0.4, 0.5) is 0 Å². The van der Waals surface area contributed by atoms with E-state index in [1.165, 1.54) is 44.2 Å². The summed E-state index contributed by atoms with van der Waals surface area (Å²) in [6, 6.07) is 2.87. The smallest absolute Gasteiger partial charge is 0.0630 e. The van der Waals surface area contributed by atoms with Crippen LogP contribution in [0.15, 0.2) is 12.3 Å². The van der Waals surface area contributed by atoms with E-state index in [-0.39, 0.29) is 5.41 Å². The topological polar surface area (TPSA) is 29.9 Å². The van der Waals surface area contributed by atoms with Crippen LogP contribution in [0, 0.1) is 5.41 Å². The lowest BCUT2D eigenvalue weighted by molar-refractivity contribution is 0.315. The van der Waals surface area contributed by atoms with Crippen LogP contribution < -0.4 is 5.32 Å². The summed E-state index contributed by atoms with van der Waals surface area (Å²) in [4.78, 5) is 0. The quantitative estimate of drug-likeness (QED) is 0.765. The molecule has 0 bridgehead atoms. The van der Waals surface area contributed by atoms with Crippen molar-refractivity contribution in [3.05, 3.63) is 18.0 Å². The molecule has 114 valence electrons. The molecule has 0 aliphatic heterocycles. The largest absolute Gasteiger partial charge is 0.316 e. The van der Waals surface area contributed by atoms with Crippen LogP contribution in [0.3, 0.4) is 0 Å². The Balaban J connectivity index is 1.88. The molecule has 1 aromatic rings. The normalized spacial score (nSPS) is 17.6. The summed E-state index contributed by atoms with van der Waals surface area (Å²) in [5.41, 5.74) is 1.53. The van der Waals surface area contributed by atoms with Crippen LogP contribution in [0.5, 0.6) is 0 Å². The Labute approximate surface area is 124 Å². The zero-order valence-electron chi connectivity index (χ0n) is 13.5. The molecule has 2 rings (SSSR count). The SMILES string of the molecule is CCCNCC(C)(C)Cc1ccn(C2CCCCC2)n1. The number of nitrogens with zero attached hydrogens (tertiary/aromatic N) is 2. The van der Waals surface area contributed by atoms with Gasteiger partial charge in [0.15, 0.2) is 0 Å². The molecule has 1 aliphatic carbocycles. The molecule has 0 radical (unpaired) electrons. The molecule has 1 saturated carbocycles. The summed E-state index contributed by atoms with van der Waals surface area (Å²) in [6.07, 6.45) is 11.2. The number of hydrogen-bond acceptors (Lipinski definition) is 2. The molecule has 1 N–H and O–H groups in total. The molecule has 0 unspecified atom stereocenters. The van der Waals surface area contributed by atoms with Gasteiger partial charge < -0.3 is 5.32 Å². The first-order valence-electron chi connectivity index (χ1n) is 8.35. The summed E-state index contributed by atoms with van der Waals surface area (Å²) < 4.78 is 2.23. The molecule has 0 spiro atoms. The Hall–Kier alpha value is -0.830. The first-order chi connectivity index (χ1) is 9.61. The molecule has 20 heavy (non-hydrogen) atoms. The van der Waals surface area contributed by atoms with Crippen molar-refractivity contribution in [2.75, 3.05) is 13.1 Å². The molecular formula is C17H31N3. The van der Waals surface area contributed by atoms with Crippen molar-refractivity contribution in [2.24, 2.45) is 5.41 Å². The predicted octanol–water partition coefficient (Wildman–Crippen LogP) is 3.96. The second-order valence-corrected chi connectivity index (χ2v) is 7.10. The third-order valence-corrected chi connectivity index (χ3v) is 4.30. The van der Waals surface area contributed by atoms with Crippen molar-refractivity contribution in [3.8, 4) is 0 Å². The Kier molecular flexibility index (Phi) is 5.64. The van der Waals surface area contributed by atoms with Crippen molar-refractivity contribution in [2.45, 2.75) is 71.8 Å². The minimum atomic E-state index is 0.279. The molecule has 3 nitrogen and oxygen atoms in total. The Morgan fingerprint density at radius 2 is 2.05 bits per heavy atom. The van der Waals surface area contributed by atoms with E-state index in [2.05, 4.69) is 43.0 Å². The van der Waals surface area contributed by atoms with Crippen molar-refractivity contribution in [1.29, 1.82) is 0 Å². The highest BCUT2D eigenvalue weighted by atomic mass is 15.3. The highest BCUT2D eigenvalue weighted by molar-refractivity contribution is 5.03. The maximum atomic E-state index is 4.84. The van der Waals surface area contributed by atoms with E-state index in [0.29, 0.717) is 6.04 Å². The lowest BCUT2D eigenvalue weighted by Gasteiger charge is -2.24. The fraction of sp³-hybridized carbons (Fsp3) is 0.824. The Morgan fingerprint density at radius 3 is 2.75 bits per heavy atom. The minimum absolute atomic E-state index is 0.279. The third kappa shape index (κ3) is 4.62. The first-order valence-corrected chi connectivity index (χ1v) is 8.35. The number of nitrogens with one attached hydrogen (secondary N) is 1. The van der Waals surface area contributed by atoms with Gasteiger partial charge in [-0.15, -0.1) is 0 Å². The van der Waals surface area contributed by atoms with Gasteiger partial charge in [0.05, 0.1) is 11.7 Å². The van der Waals surface area contributed by atoms with Gasteiger partial charge in [0.2, 0.25) is 0 Å². The number of rotatable bonds is 7. The maximum absolute atomic E-state index is 4.84. The monoisotopic (exact) mass is 277 g/mol. The van der Waals surface area contributed by atoms with Crippen molar-refractivity contribution in [3.63, 3.8) is 0 Å². The van der Waals surface area contributed by atoms with Crippen LogP contribution in [-0.2, 0) is 6.42 Å². The van der Waals surface area contributed by atoms with E-state index in [0.717, 1.165) is 19.5 Å². The van der Waals surface area contributed by atoms with Crippen LogP contribution in [0.25, 0.3) is 0 Å². The van der Waals surface area contributed by atoms with Gasteiger partial charge in [-0.3, -0.25) is 4.68 Å². The fourth-order valence-corrected chi connectivity index (χ4v) is 3.18. The lowest BCUT2D eigenvalue weighted by Crippen LogP contribution is -2.31. The summed E-state index contributed by atoms with van der Waals surface area (Å²) in [5, 5.41) is 8.37. The zero-order valence-corrected chi connectivity index (χ0v) is 13.5. The molecule has 1 aromatic heterocycles. The standard InChI is InChI=1S/C17H31N3/c1-4-11-18-14-17(2,3)13-15-10-12-20(19-15)16-8-6-5-7-9-16/h10,12,16,18H,4-9,11,13-14H2,1-3H3. The minimum Gasteiger partial charge on any atom is -0.316 e. The van der Waals surface area contributed by atoms with Crippen LogP contribution in [-0.4, -0.2) is 22.9 Å². The Morgan fingerprint density at radius 1 is 1.30 bits per heavy atom. The molecule has 1 aliphatic rings. The average molecular weight is 277 g/mol. The fourth-order valence-electron chi connectivity index (χ4n) is 3.18. The van der Waals surface area contributed by atoms with Crippen molar-refractivity contribution in [1.82, 2.24) is 15.1 Å². The van der Waals surface area contributed by atoms with E-state index in [9.17, 15) is 0 Å². The van der Waals surface area contributed by atoms with Gasteiger partial charge in [0, 0.05) is 12.7 Å². The first kappa shape index (κ1) is 15.6. The summed E-state index contributed by atoms with van der Waals surface area (Å²) in [6.45, 7) is 9.05. The highest BCUT2D eigenvalue weighted by Gasteiger charge is 2.21. The van der Waals surface area contributed by atoms with Gasteiger partial charge in [0.1, 0.15) is 0 Å². The number of hydrogen-bond donors (Lipinski definition) is 1. The summed E-state index contributed by atoms with van der Waals surface area (Å²) in [7, 11) is 0. The van der Waals surface area contributed by atoms with Crippen LogP contribution >= 0.6 is 0 Å². The van der Waals surface area contributed by atoms with Crippen LogP contribution in [0.2, 0.25) is 0 Å². The lowest BCUT2D eigenvalue weighted by atomic mass is 9.88. The number of aromatic nitrogens is 2. The van der Waals surface area contributed by atoms with Gasteiger partial charge in [-0.05, 0) is 43.7 Å². The zero-order chi connectivity index (χ0) is 14.4. The molecule has 0 saturated heterocycles. The molecule has 1 fully saturated rings. The maximum Gasteiger partial charge on any atom is 0.0630 e. The predicted molar refractivity (Wildman–Crippen MR) is 85.0 cm³/mol. The van der Waals surface area contributed by atoms with Gasteiger partial charge >= 0.3 is 0 Å².